The minimum absolute atomic E-state index is 0.0882. The Bertz CT molecular complexity index is 536. The van der Waals surface area contributed by atoms with Gasteiger partial charge in [-0.05, 0) is 23.8 Å². The van der Waals surface area contributed by atoms with Crippen LogP contribution < -0.4 is 9.47 Å². The molecule has 0 aliphatic heterocycles. The van der Waals surface area contributed by atoms with E-state index >= 15 is 0 Å². The molecule has 0 saturated heterocycles. The molecule has 0 fully saturated rings. The van der Waals surface area contributed by atoms with E-state index < -0.39 is 24.6 Å². The second kappa shape index (κ2) is 8.03. The number of aliphatic hydroxyl groups is 2. The molecule has 1 unspecified atom stereocenters. The van der Waals surface area contributed by atoms with Crippen molar-refractivity contribution in [3.63, 3.8) is 0 Å². The van der Waals surface area contributed by atoms with Gasteiger partial charge in [0.25, 0.3) is 0 Å². The van der Waals surface area contributed by atoms with Gasteiger partial charge in [0.15, 0.2) is 17.6 Å². The van der Waals surface area contributed by atoms with Crippen LogP contribution in [-0.2, 0) is 14.3 Å². The van der Waals surface area contributed by atoms with Crippen LogP contribution in [0.3, 0.4) is 0 Å². The highest BCUT2D eigenvalue weighted by Gasteiger charge is 2.18. The van der Waals surface area contributed by atoms with E-state index in [0.29, 0.717) is 5.56 Å². The van der Waals surface area contributed by atoms with E-state index in [2.05, 4.69) is 4.74 Å². The topological polar surface area (TPSA) is 102 Å². The molecule has 0 spiro atoms. The lowest BCUT2D eigenvalue weighted by Crippen LogP contribution is -2.28. The van der Waals surface area contributed by atoms with E-state index in [1.807, 2.05) is 0 Å². The third-order valence-corrected chi connectivity index (χ3v) is 2.46. The average molecular weight is 296 g/mol. The van der Waals surface area contributed by atoms with E-state index in [9.17, 15) is 9.59 Å². The van der Waals surface area contributed by atoms with Crippen LogP contribution in [0.2, 0.25) is 0 Å². The number of aliphatic hydroxyl groups excluding tert-OH is 2. The summed E-state index contributed by atoms with van der Waals surface area (Å²) in [6.45, 7) is -0.735. The van der Waals surface area contributed by atoms with E-state index in [4.69, 9.17) is 19.7 Å². The normalized spacial score (nSPS) is 12.0. The van der Waals surface area contributed by atoms with Crippen LogP contribution in [0.4, 0.5) is 0 Å². The van der Waals surface area contributed by atoms with Gasteiger partial charge in [0.2, 0.25) is 0 Å². The van der Waals surface area contributed by atoms with Crippen LogP contribution in [0.25, 0.3) is 6.08 Å². The van der Waals surface area contributed by atoms with E-state index in [1.54, 1.807) is 6.07 Å². The molecule has 1 aromatic carbocycles. The molecule has 0 amide bonds. The van der Waals surface area contributed by atoms with E-state index in [0.717, 1.165) is 0 Å². The summed E-state index contributed by atoms with van der Waals surface area (Å²) in [5.41, 5.74) is 0.625. The second-order valence-corrected chi connectivity index (χ2v) is 3.89. The van der Waals surface area contributed by atoms with Gasteiger partial charge >= 0.3 is 11.9 Å². The number of esters is 2. The maximum atomic E-state index is 11.4. The van der Waals surface area contributed by atoms with Crippen molar-refractivity contribution in [2.75, 3.05) is 20.8 Å². The molecule has 7 nitrogen and oxygen atoms in total. The molecule has 1 rings (SSSR count). The molecule has 0 saturated carbocycles. The number of methoxy groups -OCH3 is 2. The Balaban J connectivity index is 2.91. The van der Waals surface area contributed by atoms with Crippen molar-refractivity contribution in [2.24, 2.45) is 0 Å². The zero-order valence-corrected chi connectivity index (χ0v) is 11.6. The summed E-state index contributed by atoms with van der Waals surface area (Å²) < 4.78 is 14.4. The minimum Gasteiger partial charge on any atom is -0.493 e. The molecule has 21 heavy (non-hydrogen) atoms. The molecule has 0 heterocycles. The first-order valence-electron chi connectivity index (χ1n) is 5.96. The van der Waals surface area contributed by atoms with Crippen LogP contribution in [0.15, 0.2) is 24.3 Å². The van der Waals surface area contributed by atoms with Crippen molar-refractivity contribution >= 4 is 18.0 Å². The maximum Gasteiger partial charge on any atom is 0.342 e. The predicted octanol–water partition coefficient (Wildman–Crippen LogP) is 0.140. The number of ether oxygens (including phenoxy) is 3. The van der Waals surface area contributed by atoms with Crippen molar-refractivity contribution in [1.82, 2.24) is 0 Å². The summed E-state index contributed by atoms with van der Waals surface area (Å²) in [6, 6.07) is 4.56. The highest BCUT2D eigenvalue weighted by atomic mass is 16.6. The summed E-state index contributed by atoms with van der Waals surface area (Å²) >= 11 is 0. The van der Waals surface area contributed by atoms with Crippen LogP contribution in [0.5, 0.6) is 11.5 Å². The van der Waals surface area contributed by atoms with Crippen molar-refractivity contribution in [3.05, 3.63) is 29.8 Å². The molecule has 0 aliphatic carbocycles. The third kappa shape index (κ3) is 4.90. The highest BCUT2D eigenvalue weighted by Crippen LogP contribution is 2.28. The number of hydrogen-bond acceptors (Lipinski definition) is 7. The Kier molecular flexibility index (Phi) is 6.38. The Morgan fingerprint density at radius 3 is 2.57 bits per heavy atom. The number of carbonyl (C=O) groups is 2. The zero-order chi connectivity index (χ0) is 15.8. The summed E-state index contributed by atoms with van der Waals surface area (Å²) in [7, 11) is 2.64. The van der Waals surface area contributed by atoms with E-state index in [-0.39, 0.29) is 11.5 Å². The van der Waals surface area contributed by atoms with Crippen molar-refractivity contribution < 1.29 is 34.0 Å². The molecular weight excluding hydrogens is 280 g/mol. The molecular formula is C14H16O7. The number of benzene rings is 1. The van der Waals surface area contributed by atoms with Gasteiger partial charge < -0.3 is 24.4 Å². The fourth-order valence-electron chi connectivity index (χ4n) is 1.36. The summed E-state index contributed by atoms with van der Waals surface area (Å²) in [5.74, 6) is -1.17. The third-order valence-electron chi connectivity index (χ3n) is 2.46. The summed E-state index contributed by atoms with van der Waals surface area (Å²) in [5, 5.41) is 17.8. The van der Waals surface area contributed by atoms with E-state index in [1.165, 1.54) is 38.5 Å². The lowest BCUT2D eigenvalue weighted by atomic mass is 10.2. The number of hydrogen-bond donors (Lipinski definition) is 2. The molecule has 7 heteroatoms. The average Bonchev–Trinajstić information content (AvgIpc) is 2.52. The molecule has 0 radical (unpaired) electrons. The number of rotatable bonds is 6. The molecule has 1 atom stereocenters. The Morgan fingerprint density at radius 2 is 2.00 bits per heavy atom. The summed E-state index contributed by atoms with van der Waals surface area (Å²) in [4.78, 5) is 22.4. The first-order chi connectivity index (χ1) is 10.0. The van der Waals surface area contributed by atoms with Crippen molar-refractivity contribution in [3.8, 4) is 11.5 Å². The first kappa shape index (κ1) is 16.7. The van der Waals surface area contributed by atoms with Gasteiger partial charge in [0.1, 0.15) is 0 Å². The van der Waals surface area contributed by atoms with Gasteiger partial charge in [-0.15, -0.1) is 0 Å². The molecule has 0 bridgehead atoms. The van der Waals surface area contributed by atoms with Crippen LogP contribution in [0, 0.1) is 0 Å². The Hall–Kier alpha value is -2.38. The van der Waals surface area contributed by atoms with Crippen molar-refractivity contribution in [1.29, 1.82) is 0 Å². The fourth-order valence-corrected chi connectivity index (χ4v) is 1.36. The second-order valence-electron chi connectivity index (χ2n) is 3.89. The first-order valence-corrected chi connectivity index (χ1v) is 5.96. The Morgan fingerprint density at radius 1 is 1.29 bits per heavy atom. The van der Waals surface area contributed by atoms with Crippen LogP contribution in [-0.4, -0.2) is 49.1 Å². The lowest BCUT2D eigenvalue weighted by molar-refractivity contribution is -0.145. The smallest absolute Gasteiger partial charge is 0.342 e. The molecule has 1 aromatic rings. The molecule has 114 valence electrons. The van der Waals surface area contributed by atoms with Gasteiger partial charge in [-0.2, -0.15) is 0 Å². The number of carbonyl (C=O) groups excluding carboxylic acids is 2. The minimum atomic E-state index is -1.62. The fraction of sp³-hybridized carbons (Fsp3) is 0.286. The monoisotopic (exact) mass is 296 g/mol. The molecule has 0 aliphatic rings. The van der Waals surface area contributed by atoms with Gasteiger partial charge in [0.05, 0.1) is 20.8 Å². The molecule has 0 aromatic heterocycles. The van der Waals surface area contributed by atoms with Gasteiger partial charge in [0, 0.05) is 6.08 Å². The van der Waals surface area contributed by atoms with Gasteiger partial charge in [-0.3, -0.25) is 0 Å². The predicted molar refractivity (Wildman–Crippen MR) is 72.8 cm³/mol. The molecule has 2 N–H and O–H groups in total. The quantitative estimate of drug-likeness (QED) is 0.437. The highest BCUT2D eigenvalue weighted by molar-refractivity contribution is 5.87. The maximum absolute atomic E-state index is 11.4. The summed E-state index contributed by atoms with van der Waals surface area (Å²) in [6.07, 6.45) is 1.12. The van der Waals surface area contributed by atoms with Crippen molar-refractivity contribution in [2.45, 2.75) is 6.10 Å². The zero-order valence-electron chi connectivity index (χ0n) is 11.6. The lowest BCUT2D eigenvalue weighted by Gasteiger charge is -2.11. The van der Waals surface area contributed by atoms with Crippen LogP contribution >= 0.6 is 0 Å². The Labute approximate surface area is 121 Å². The van der Waals surface area contributed by atoms with Gasteiger partial charge in [-0.1, -0.05) is 6.07 Å². The standard InChI is InChI=1S/C14H16O7/c1-19-12-7-9(4-6-13(17)20-2)3-5-11(12)21-14(18)10(16)8-15/h3-7,10,15-16H,8H2,1-2H3. The SMILES string of the molecule is COC(=O)C=Cc1ccc(OC(=O)C(O)CO)c(OC)c1. The largest absolute Gasteiger partial charge is 0.493 e. The van der Waals surface area contributed by atoms with Crippen LogP contribution in [0.1, 0.15) is 5.56 Å². The van der Waals surface area contributed by atoms with Gasteiger partial charge in [-0.25, -0.2) is 9.59 Å².